The maximum absolute atomic E-state index is 10.6. The third kappa shape index (κ3) is 2.11. The number of halogens is 2. The van der Waals surface area contributed by atoms with Gasteiger partial charge in [0.25, 0.3) is 0 Å². The number of carboxylic acid groups (broad SMARTS) is 1. The predicted molar refractivity (Wildman–Crippen MR) is 55.8 cm³/mol. The fraction of sp³-hybridized carbons (Fsp3) is 0. The molecule has 0 atom stereocenters. The van der Waals surface area contributed by atoms with Gasteiger partial charge in [0, 0.05) is 3.57 Å². The summed E-state index contributed by atoms with van der Waals surface area (Å²) in [4.78, 5) is 10.6. The highest BCUT2D eigenvalue weighted by molar-refractivity contribution is 14.1. The highest BCUT2D eigenvalue weighted by atomic mass is 127. The molecular weight excluding hydrogens is 304 g/mol. The van der Waals surface area contributed by atoms with Crippen LogP contribution >= 0.6 is 34.2 Å². The molecule has 0 amide bonds. The zero-order chi connectivity index (χ0) is 10.0. The minimum absolute atomic E-state index is 0.0911. The second kappa shape index (κ2) is 3.94. The first-order valence-electron chi connectivity index (χ1n) is 3.18. The summed E-state index contributed by atoms with van der Waals surface area (Å²) in [5.41, 5.74) is 0.403. The van der Waals surface area contributed by atoms with Gasteiger partial charge in [0.2, 0.25) is 0 Å². The first-order valence-corrected chi connectivity index (χ1v) is 4.64. The Balaban J connectivity index is 3.39. The largest absolute Gasteiger partial charge is 0.478 e. The normalized spacial score (nSPS) is 9.31. The van der Waals surface area contributed by atoms with Crippen molar-refractivity contribution in [2.45, 2.75) is 0 Å². The fourth-order valence-electron chi connectivity index (χ4n) is 0.803. The highest BCUT2D eigenvalue weighted by Crippen LogP contribution is 2.23. The van der Waals surface area contributed by atoms with Gasteiger partial charge in [0.05, 0.1) is 16.1 Å². The van der Waals surface area contributed by atoms with E-state index in [-0.39, 0.29) is 10.6 Å². The molecule has 66 valence electrons. The molecule has 5 heteroatoms. The lowest BCUT2D eigenvalue weighted by Gasteiger charge is -2.00. The fourth-order valence-corrected chi connectivity index (χ4v) is 1.97. The summed E-state index contributed by atoms with van der Waals surface area (Å²) >= 11 is 7.56. The Morgan fingerprint density at radius 2 is 2.23 bits per heavy atom. The minimum atomic E-state index is -1.05. The Hall–Kier alpha value is -0.800. The van der Waals surface area contributed by atoms with Crippen molar-refractivity contribution in [2.24, 2.45) is 0 Å². The summed E-state index contributed by atoms with van der Waals surface area (Å²) in [6, 6.07) is 4.58. The Morgan fingerprint density at radius 3 is 2.62 bits per heavy atom. The standard InChI is InChI=1S/C8H3ClINO2/c9-6-1-4(8(12)13)2-7(10)5(6)3-11/h1-2H,(H,12,13). The van der Waals surface area contributed by atoms with Gasteiger partial charge < -0.3 is 5.11 Å². The molecule has 1 N–H and O–H groups in total. The first kappa shape index (κ1) is 10.3. The number of carboxylic acids is 1. The van der Waals surface area contributed by atoms with Gasteiger partial charge in [-0.05, 0) is 34.7 Å². The van der Waals surface area contributed by atoms with Crippen LogP contribution in [0.25, 0.3) is 0 Å². The van der Waals surface area contributed by atoms with Crippen molar-refractivity contribution in [3.8, 4) is 6.07 Å². The zero-order valence-electron chi connectivity index (χ0n) is 6.21. The van der Waals surface area contributed by atoms with E-state index in [1.807, 2.05) is 28.7 Å². The molecule has 0 aliphatic rings. The second-order valence-electron chi connectivity index (χ2n) is 2.23. The lowest BCUT2D eigenvalue weighted by atomic mass is 10.1. The van der Waals surface area contributed by atoms with Crippen LogP contribution in [0.15, 0.2) is 12.1 Å². The molecule has 0 saturated carbocycles. The second-order valence-corrected chi connectivity index (χ2v) is 3.80. The summed E-state index contributed by atoms with van der Waals surface area (Å²) < 4.78 is 0.546. The molecule has 0 heterocycles. The third-order valence-corrected chi connectivity index (χ3v) is 2.55. The number of rotatable bonds is 1. The SMILES string of the molecule is N#Cc1c(Cl)cc(C(=O)O)cc1I. The number of nitriles is 1. The number of nitrogens with zero attached hydrogens (tertiary/aromatic N) is 1. The maximum atomic E-state index is 10.6. The van der Waals surface area contributed by atoms with Crippen molar-refractivity contribution < 1.29 is 9.90 Å². The van der Waals surface area contributed by atoms with Crippen molar-refractivity contribution in [2.75, 3.05) is 0 Å². The summed E-state index contributed by atoms with van der Waals surface area (Å²) in [7, 11) is 0. The van der Waals surface area contributed by atoms with Gasteiger partial charge in [-0.3, -0.25) is 0 Å². The van der Waals surface area contributed by atoms with Crippen LogP contribution in [-0.2, 0) is 0 Å². The quantitative estimate of drug-likeness (QED) is 0.811. The number of hydrogen-bond donors (Lipinski definition) is 1. The van der Waals surface area contributed by atoms with E-state index in [9.17, 15) is 4.79 Å². The number of benzene rings is 1. The van der Waals surface area contributed by atoms with Crippen LogP contribution in [0.5, 0.6) is 0 Å². The van der Waals surface area contributed by atoms with E-state index in [1.165, 1.54) is 12.1 Å². The smallest absolute Gasteiger partial charge is 0.335 e. The van der Waals surface area contributed by atoms with Crippen molar-refractivity contribution in [1.29, 1.82) is 5.26 Å². The topological polar surface area (TPSA) is 61.1 Å². The van der Waals surface area contributed by atoms with Gasteiger partial charge in [-0.2, -0.15) is 5.26 Å². The molecule has 1 rings (SSSR count). The van der Waals surface area contributed by atoms with E-state index in [0.717, 1.165) is 0 Å². The monoisotopic (exact) mass is 307 g/mol. The molecule has 0 spiro atoms. The van der Waals surface area contributed by atoms with Gasteiger partial charge in [-0.1, -0.05) is 11.6 Å². The highest BCUT2D eigenvalue weighted by Gasteiger charge is 2.10. The van der Waals surface area contributed by atoms with E-state index in [0.29, 0.717) is 9.13 Å². The Morgan fingerprint density at radius 1 is 1.62 bits per heavy atom. The Kier molecular flexibility index (Phi) is 3.12. The molecule has 3 nitrogen and oxygen atoms in total. The lowest BCUT2D eigenvalue weighted by molar-refractivity contribution is 0.0697. The van der Waals surface area contributed by atoms with Gasteiger partial charge in [0.15, 0.2) is 0 Å². The van der Waals surface area contributed by atoms with Crippen LogP contribution in [-0.4, -0.2) is 11.1 Å². The first-order chi connectivity index (χ1) is 6.06. The van der Waals surface area contributed by atoms with Crippen molar-refractivity contribution in [1.82, 2.24) is 0 Å². The van der Waals surface area contributed by atoms with Gasteiger partial charge in [-0.25, -0.2) is 4.79 Å². The molecule has 1 aromatic rings. The van der Waals surface area contributed by atoms with Crippen LogP contribution in [0.3, 0.4) is 0 Å². The lowest BCUT2D eigenvalue weighted by Crippen LogP contribution is -1.98. The molecule has 0 aliphatic heterocycles. The van der Waals surface area contributed by atoms with E-state index < -0.39 is 5.97 Å². The Labute approximate surface area is 93.1 Å². The average molecular weight is 307 g/mol. The zero-order valence-corrected chi connectivity index (χ0v) is 9.13. The summed E-state index contributed by atoms with van der Waals surface area (Å²) in [5.74, 6) is -1.05. The van der Waals surface area contributed by atoms with E-state index >= 15 is 0 Å². The number of carbonyl (C=O) groups is 1. The third-order valence-electron chi connectivity index (χ3n) is 1.40. The molecule has 0 saturated heterocycles. The molecule has 0 radical (unpaired) electrons. The molecule has 0 bridgehead atoms. The number of hydrogen-bond acceptors (Lipinski definition) is 2. The molecule has 13 heavy (non-hydrogen) atoms. The van der Waals surface area contributed by atoms with Crippen molar-refractivity contribution >= 4 is 40.2 Å². The molecule has 0 unspecified atom stereocenters. The van der Waals surface area contributed by atoms with Gasteiger partial charge >= 0.3 is 5.97 Å². The predicted octanol–water partition coefficient (Wildman–Crippen LogP) is 2.51. The summed E-state index contributed by atoms with van der Waals surface area (Å²) in [5, 5.41) is 17.5. The maximum Gasteiger partial charge on any atom is 0.335 e. The van der Waals surface area contributed by atoms with Gasteiger partial charge in [-0.15, -0.1) is 0 Å². The van der Waals surface area contributed by atoms with Crippen molar-refractivity contribution in [3.05, 3.63) is 31.9 Å². The minimum Gasteiger partial charge on any atom is -0.478 e. The van der Waals surface area contributed by atoms with Crippen LogP contribution < -0.4 is 0 Å². The van der Waals surface area contributed by atoms with E-state index in [2.05, 4.69) is 0 Å². The van der Waals surface area contributed by atoms with E-state index in [1.54, 1.807) is 0 Å². The molecular formula is C8H3ClINO2. The van der Waals surface area contributed by atoms with Crippen LogP contribution in [0.4, 0.5) is 0 Å². The Bertz CT molecular complexity index is 388. The average Bonchev–Trinajstić information content (AvgIpc) is 2.03. The molecule has 0 fully saturated rings. The molecule has 1 aromatic carbocycles. The van der Waals surface area contributed by atoms with Crippen LogP contribution in [0.2, 0.25) is 5.02 Å². The molecule has 0 aliphatic carbocycles. The van der Waals surface area contributed by atoms with Crippen LogP contribution in [0, 0.1) is 14.9 Å². The van der Waals surface area contributed by atoms with E-state index in [4.69, 9.17) is 22.0 Å². The van der Waals surface area contributed by atoms with Crippen molar-refractivity contribution in [3.63, 3.8) is 0 Å². The summed E-state index contributed by atoms with van der Waals surface area (Å²) in [6.45, 7) is 0. The van der Waals surface area contributed by atoms with Crippen LogP contribution in [0.1, 0.15) is 15.9 Å². The molecule has 0 aromatic heterocycles. The summed E-state index contributed by atoms with van der Waals surface area (Å²) in [6.07, 6.45) is 0. The number of aromatic carboxylic acids is 1. The van der Waals surface area contributed by atoms with Gasteiger partial charge in [0.1, 0.15) is 6.07 Å².